The van der Waals surface area contributed by atoms with Gasteiger partial charge in [0.15, 0.2) is 0 Å². The van der Waals surface area contributed by atoms with Gasteiger partial charge in [0.05, 0.1) is 11.7 Å². The molecular weight excluding hydrogens is 352 g/mol. The molecule has 2 aromatic rings. The number of carbonyl (C=O) groups is 3. The standard InChI is InChI=1S/C23H24N2O3/c1-15-8-9-17(13-16(15)2)20-7-4-12-24(20)23(28)18-5-3-6-19(14-18)25-21(26)10-11-22(25)27/h3,5-6,8-9,13-14,20H,4,7,10-12H2,1-2H3. The topological polar surface area (TPSA) is 57.7 Å². The fourth-order valence-corrected chi connectivity index (χ4v) is 4.14. The van der Waals surface area contributed by atoms with Crippen LogP contribution in [0, 0.1) is 13.8 Å². The molecule has 144 valence electrons. The van der Waals surface area contributed by atoms with E-state index in [1.54, 1.807) is 24.3 Å². The fraction of sp³-hybridized carbons (Fsp3) is 0.348. The maximum Gasteiger partial charge on any atom is 0.254 e. The van der Waals surface area contributed by atoms with E-state index in [0.29, 0.717) is 17.8 Å². The molecule has 5 nitrogen and oxygen atoms in total. The third-order valence-electron chi connectivity index (χ3n) is 5.83. The molecule has 0 aliphatic carbocycles. The quantitative estimate of drug-likeness (QED) is 0.763. The first-order valence-corrected chi connectivity index (χ1v) is 9.79. The first kappa shape index (κ1) is 18.4. The highest BCUT2D eigenvalue weighted by Gasteiger charge is 2.33. The summed E-state index contributed by atoms with van der Waals surface area (Å²) < 4.78 is 0. The summed E-state index contributed by atoms with van der Waals surface area (Å²) in [6, 6.07) is 13.3. The Balaban J connectivity index is 1.62. The number of benzene rings is 2. The van der Waals surface area contributed by atoms with Gasteiger partial charge in [0.1, 0.15) is 0 Å². The van der Waals surface area contributed by atoms with E-state index in [-0.39, 0.29) is 36.6 Å². The molecule has 0 bridgehead atoms. The fourth-order valence-electron chi connectivity index (χ4n) is 4.14. The molecule has 2 fully saturated rings. The Bertz CT molecular complexity index is 950. The van der Waals surface area contributed by atoms with E-state index in [4.69, 9.17) is 0 Å². The van der Waals surface area contributed by atoms with Gasteiger partial charge in [-0.1, -0.05) is 24.3 Å². The molecule has 5 heteroatoms. The summed E-state index contributed by atoms with van der Waals surface area (Å²) in [5.41, 5.74) is 4.63. The predicted octanol–water partition coefficient (Wildman–Crippen LogP) is 3.93. The molecule has 0 saturated carbocycles. The lowest BCUT2D eigenvalue weighted by Gasteiger charge is -2.26. The average molecular weight is 376 g/mol. The molecule has 0 N–H and O–H groups in total. The third-order valence-corrected chi connectivity index (χ3v) is 5.83. The first-order chi connectivity index (χ1) is 13.5. The van der Waals surface area contributed by atoms with E-state index in [2.05, 4.69) is 32.0 Å². The lowest BCUT2D eigenvalue weighted by Crippen LogP contribution is -2.31. The van der Waals surface area contributed by atoms with Crippen LogP contribution in [-0.2, 0) is 9.59 Å². The molecule has 0 spiro atoms. The van der Waals surface area contributed by atoms with Gasteiger partial charge in [-0.2, -0.15) is 0 Å². The number of hydrogen-bond acceptors (Lipinski definition) is 3. The Hall–Kier alpha value is -2.95. The third kappa shape index (κ3) is 3.21. The van der Waals surface area contributed by atoms with Crippen molar-refractivity contribution in [3.63, 3.8) is 0 Å². The summed E-state index contributed by atoms with van der Waals surface area (Å²) in [4.78, 5) is 40.4. The van der Waals surface area contributed by atoms with E-state index in [0.717, 1.165) is 18.4 Å². The minimum absolute atomic E-state index is 0.0540. The highest BCUT2D eigenvalue weighted by atomic mass is 16.2. The molecule has 2 aliphatic heterocycles. The zero-order chi connectivity index (χ0) is 19.8. The molecule has 28 heavy (non-hydrogen) atoms. The smallest absolute Gasteiger partial charge is 0.254 e. The van der Waals surface area contributed by atoms with Crippen molar-refractivity contribution in [2.45, 2.75) is 45.6 Å². The molecule has 0 radical (unpaired) electrons. The lowest BCUT2D eigenvalue weighted by atomic mass is 9.99. The SMILES string of the molecule is Cc1ccc(C2CCCN2C(=O)c2cccc(N3C(=O)CCC3=O)c2)cc1C. The van der Waals surface area contributed by atoms with Crippen LogP contribution in [0.1, 0.15) is 58.8 Å². The van der Waals surface area contributed by atoms with Crippen molar-refractivity contribution in [3.8, 4) is 0 Å². The van der Waals surface area contributed by atoms with Crippen molar-refractivity contribution in [1.29, 1.82) is 0 Å². The van der Waals surface area contributed by atoms with Crippen LogP contribution in [0.25, 0.3) is 0 Å². The molecule has 2 heterocycles. The summed E-state index contributed by atoms with van der Waals surface area (Å²) in [6.45, 7) is 4.89. The number of amides is 3. The van der Waals surface area contributed by atoms with Gasteiger partial charge in [0.25, 0.3) is 5.91 Å². The van der Waals surface area contributed by atoms with Gasteiger partial charge in [-0.05, 0) is 61.6 Å². The van der Waals surface area contributed by atoms with Crippen molar-refractivity contribution >= 4 is 23.4 Å². The van der Waals surface area contributed by atoms with Gasteiger partial charge in [-0.15, -0.1) is 0 Å². The number of rotatable bonds is 3. The van der Waals surface area contributed by atoms with Gasteiger partial charge in [0, 0.05) is 24.9 Å². The second-order valence-corrected chi connectivity index (χ2v) is 7.67. The van der Waals surface area contributed by atoms with E-state index in [1.165, 1.54) is 16.0 Å². The number of imide groups is 1. The van der Waals surface area contributed by atoms with Crippen LogP contribution in [-0.4, -0.2) is 29.2 Å². The van der Waals surface area contributed by atoms with Crippen molar-refractivity contribution in [3.05, 3.63) is 64.7 Å². The largest absolute Gasteiger partial charge is 0.332 e. The van der Waals surface area contributed by atoms with Gasteiger partial charge >= 0.3 is 0 Å². The molecule has 4 rings (SSSR count). The molecule has 2 saturated heterocycles. The normalized spacial score (nSPS) is 19.6. The zero-order valence-corrected chi connectivity index (χ0v) is 16.3. The zero-order valence-electron chi connectivity index (χ0n) is 16.3. The number of hydrogen-bond donors (Lipinski definition) is 0. The molecule has 2 aliphatic rings. The van der Waals surface area contributed by atoms with Crippen LogP contribution in [0.2, 0.25) is 0 Å². The summed E-state index contributed by atoms with van der Waals surface area (Å²) in [5.74, 6) is -0.464. The Kier molecular flexibility index (Phi) is 4.75. The highest BCUT2D eigenvalue weighted by Crippen LogP contribution is 2.34. The Labute approximate surface area is 164 Å². The molecule has 3 amide bonds. The number of aryl methyl sites for hydroxylation is 2. The van der Waals surface area contributed by atoms with Crippen LogP contribution in [0.3, 0.4) is 0 Å². The van der Waals surface area contributed by atoms with E-state index in [9.17, 15) is 14.4 Å². The second-order valence-electron chi connectivity index (χ2n) is 7.67. The second kappa shape index (κ2) is 7.23. The number of likely N-dealkylation sites (tertiary alicyclic amines) is 1. The first-order valence-electron chi connectivity index (χ1n) is 9.79. The number of nitrogens with zero attached hydrogens (tertiary/aromatic N) is 2. The summed E-state index contributed by atoms with van der Waals surface area (Å²) in [6.07, 6.45) is 2.37. The van der Waals surface area contributed by atoms with Gasteiger partial charge in [-0.3, -0.25) is 19.3 Å². The van der Waals surface area contributed by atoms with Crippen LogP contribution >= 0.6 is 0 Å². The predicted molar refractivity (Wildman–Crippen MR) is 107 cm³/mol. The Morgan fingerprint density at radius 2 is 1.71 bits per heavy atom. The maximum absolute atomic E-state index is 13.3. The molecule has 2 aromatic carbocycles. The minimum atomic E-state index is -0.205. The van der Waals surface area contributed by atoms with E-state index < -0.39 is 0 Å². The Morgan fingerprint density at radius 1 is 0.964 bits per heavy atom. The van der Waals surface area contributed by atoms with Crippen LogP contribution < -0.4 is 4.90 Å². The van der Waals surface area contributed by atoms with Crippen molar-refractivity contribution in [1.82, 2.24) is 4.90 Å². The van der Waals surface area contributed by atoms with Gasteiger partial charge in [0.2, 0.25) is 11.8 Å². The van der Waals surface area contributed by atoms with Crippen molar-refractivity contribution < 1.29 is 14.4 Å². The van der Waals surface area contributed by atoms with Gasteiger partial charge < -0.3 is 4.90 Å². The van der Waals surface area contributed by atoms with Crippen LogP contribution in [0.4, 0.5) is 5.69 Å². The van der Waals surface area contributed by atoms with Gasteiger partial charge in [-0.25, -0.2) is 0 Å². The summed E-state index contributed by atoms with van der Waals surface area (Å²) >= 11 is 0. The van der Waals surface area contributed by atoms with Crippen LogP contribution in [0.15, 0.2) is 42.5 Å². The molecular formula is C23H24N2O3. The molecule has 1 atom stereocenters. The van der Waals surface area contributed by atoms with E-state index >= 15 is 0 Å². The van der Waals surface area contributed by atoms with Crippen molar-refractivity contribution in [2.24, 2.45) is 0 Å². The van der Waals surface area contributed by atoms with E-state index in [1.807, 2.05) is 4.90 Å². The molecule has 1 unspecified atom stereocenters. The monoisotopic (exact) mass is 376 g/mol. The average Bonchev–Trinajstić information content (AvgIpc) is 3.30. The number of carbonyl (C=O) groups excluding carboxylic acids is 3. The highest BCUT2D eigenvalue weighted by molar-refractivity contribution is 6.20. The maximum atomic E-state index is 13.3. The summed E-state index contributed by atoms with van der Waals surface area (Å²) in [5, 5.41) is 0. The Morgan fingerprint density at radius 3 is 2.43 bits per heavy atom. The van der Waals surface area contributed by atoms with Crippen LogP contribution in [0.5, 0.6) is 0 Å². The lowest BCUT2D eigenvalue weighted by molar-refractivity contribution is -0.121. The van der Waals surface area contributed by atoms with Crippen molar-refractivity contribution in [2.75, 3.05) is 11.4 Å². The number of anilines is 1. The molecule has 0 aromatic heterocycles. The summed E-state index contributed by atoms with van der Waals surface area (Å²) in [7, 11) is 0. The minimum Gasteiger partial charge on any atom is -0.332 e.